The minimum absolute atomic E-state index is 0.213. The molecule has 0 bridgehead atoms. The molecule has 2 rings (SSSR count). The Morgan fingerprint density at radius 2 is 1.96 bits per heavy atom. The molecule has 0 saturated carbocycles. The van der Waals surface area contributed by atoms with Crippen LogP contribution >= 0.6 is 0 Å². The summed E-state index contributed by atoms with van der Waals surface area (Å²) in [6.45, 7) is 3.94. The molecule has 6 nitrogen and oxygen atoms in total. The maximum Gasteiger partial charge on any atom is 0.573 e. The molecule has 2 aromatic rings. The third-order valence-electron chi connectivity index (χ3n) is 3.21. The van der Waals surface area contributed by atoms with E-state index >= 15 is 0 Å². The molecule has 0 spiro atoms. The predicted octanol–water partition coefficient (Wildman–Crippen LogP) is 2.62. The van der Waals surface area contributed by atoms with Crippen LogP contribution in [0.1, 0.15) is 23.9 Å². The molecule has 0 radical (unpaired) electrons. The van der Waals surface area contributed by atoms with Crippen LogP contribution in [0.5, 0.6) is 5.75 Å². The molecule has 0 fully saturated rings. The van der Waals surface area contributed by atoms with Crippen LogP contribution in [0.15, 0.2) is 24.3 Å². The number of rotatable bonds is 6. The summed E-state index contributed by atoms with van der Waals surface area (Å²) < 4.78 is 66.7. The summed E-state index contributed by atoms with van der Waals surface area (Å²) in [6.07, 6.45) is -4.83. The zero-order chi connectivity index (χ0) is 18.0. The highest BCUT2D eigenvalue weighted by Crippen LogP contribution is 2.24. The molecule has 0 aliphatic heterocycles. The van der Waals surface area contributed by atoms with E-state index in [2.05, 4.69) is 15.0 Å². The van der Waals surface area contributed by atoms with E-state index in [0.29, 0.717) is 17.9 Å². The number of ether oxygens (including phenoxy) is 1. The van der Waals surface area contributed by atoms with Gasteiger partial charge in [-0.15, -0.1) is 18.3 Å². The first kappa shape index (κ1) is 18.2. The van der Waals surface area contributed by atoms with E-state index in [0.717, 1.165) is 12.1 Å². The van der Waals surface area contributed by atoms with Crippen molar-refractivity contribution < 1.29 is 26.3 Å². The second-order valence-electron chi connectivity index (χ2n) is 5.16. The van der Waals surface area contributed by atoms with Gasteiger partial charge in [0.15, 0.2) is 9.84 Å². The Hall–Kier alpha value is -2.10. The molecule has 1 heterocycles. The fourth-order valence-corrected chi connectivity index (χ4v) is 3.76. The second-order valence-corrected chi connectivity index (χ2v) is 7.23. The standard InChI is InChI=1S/C14H16F3N3O3S/c1-3-20-13(10(2)18-19-20)9-24(21,22)8-11-5-4-6-12(7-11)23-14(15,16)17/h4-7H,3,8-9H2,1-2H3. The molecule has 0 saturated heterocycles. The monoisotopic (exact) mass is 363 g/mol. The topological polar surface area (TPSA) is 74.1 Å². The zero-order valence-electron chi connectivity index (χ0n) is 13.0. The molecule has 0 amide bonds. The van der Waals surface area contributed by atoms with Gasteiger partial charge in [-0.25, -0.2) is 13.1 Å². The van der Waals surface area contributed by atoms with Gasteiger partial charge in [-0.05, 0) is 31.5 Å². The maximum absolute atomic E-state index is 12.4. The van der Waals surface area contributed by atoms with Crippen LogP contribution in [0.3, 0.4) is 0 Å². The van der Waals surface area contributed by atoms with Crippen LogP contribution < -0.4 is 4.74 Å². The summed E-state index contributed by atoms with van der Waals surface area (Å²) in [5.41, 5.74) is 1.19. The largest absolute Gasteiger partial charge is 0.573 e. The summed E-state index contributed by atoms with van der Waals surface area (Å²) in [4.78, 5) is 0. The molecule has 0 N–H and O–H groups in total. The molecule has 0 unspecified atom stereocenters. The highest BCUT2D eigenvalue weighted by molar-refractivity contribution is 7.89. The summed E-state index contributed by atoms with van der Waals surface area (Å²) in [7, 11) is -3.61. The Kier molecular flexibility index (Phi) is 5.16. The normalized spacial score (nSPS) is 12.4. The molecule has 1 aromatic heterocycles. The van der Waals surface area contributed by atoms with Crippen LogP contribution in [0.4, 0.5) is 13.2 Å². The zero-order valence-corrected chi connectivity index (χ0v) is 13.9. The highest BCUT2D eigenvalue weighted by atomic mass is 32.2. The lowest BCUT2D eigenvalue weighted by Gasteiger charge is -2.10. The van der Waals surface area contributed by atoms with E-state index in [1.807, 2.05) is 6.92 Å². The number of alkyl halides is 3. The summed E-state index contributed by atoms with van der Waals surface area (Å²) in [5, 5.41) is 7.67. The average molecular weight is 363 g/mol. The van der Waals surface area contributed by atoms with E-state index in [-0.39, 0.29) is 11.3 Å². The van der Waals surface area contributed by atoms with Crippen molar-refractivity contribution in [3.8, 4) is 5.75 Å². The van der Waals surface area contributed by atoms with Crippen molar-refractivity contribution in [3.05, 3.63) is 41.2 Å². The SMILES string of the molecule is CCn1nnc(C)c1CS(=O)(=O)Cc1cccc(OC(F)(F)F)c1. The van der Waals surface area contributed by atoms with Gasteiger partial charge in [0.1, 0.15) is 5.75 Å². The van der Waals surface area contributed by atoms with Crippen molar-refractivity contribution in [2.24, 2.45) is 0 Å². The van der Waals surface area contributed by atoms with E-state index in [1.54, 1.807) is 6.92 Å². The maximum atomic E-state index is 12.4. The number of nitrogens with zero attached hydrogens (tertiary/aromatic N) is 3. The lowest BCUT2D eigenvalue weighted by atomic mass is 10.2. The van der Waals surface area contributed by atoms with Gasteiger partial charge in [-0.1, -0.05) is 17.3 Å². The van der Waals surface area contributed by atoms with Crippen LogP contribution in [-0.4, -0.2) is 29.8 Å². The highest BCUT2D eigenvalue weighted by Gasteiger charge is 2.31. The van der Waals surface area contributed by atoms with Gasteiger partial charge >= 0.3 is 6.36 Å². The van der Waals surface area contributed by atoms with Crippen molar-refractivity contribution in [1.82, 2.24) is 15.0 Å². The van der Waals surface area contributed by atoms with Gasteiger partial charge in [0.05, 0.1) is 22.9 Å². The Bertz CT molecular complexity index is 816. The number of benzene rings is 1. The molecule has 0 atom stereocenters. The smallest absolute Gasteiger partial charge is 0.406 e. The number of halogens is 3. The van der Waals surface area contributed by atoms with E-state index in [9.17, 15) is 21.6 Å². The number of sulfone groups is 1. The van der Waals surface area contributed by atoms with Gasteiger partial charge in [0.2, 0.25) is 0 Å². The van der Waals surface area contributed by atoms with Crippen LogP contribution in [0.25, 0.3) is 0 Å². The number of hydrogen-bond acceptors (Lipinski definition) is 5. The average Bonchev–Trinajstić information content (AvgIpc) is 2.77. The van der Waals surface area contributed by atoms with Crippen molar-refractivity contribution in [2.45, 2.75) is 38.3 Å². The first-order chi connectivity index (χ1) is 11.1. The molecule has 0 aliphatic carbocycles. The fraction of sp³-hybridized carbons (Fsp3) is 0.429. The molecule has 10 heteroatoms. The lowest BCUT2D eigenvalue weighted by Crippen LogP contribution is -2.17. The van der Waals surface area contributed by atoms with Crippen molar-refractivity contribution in [2.75, 3.05) is 0 Å². The Morgan fingerprint density at radius 1 is 1.25 bits per heavy atom. The first-order valence-corrected chi connectivity index (χ1v) is 8.86. The van der Waals surface area contributed by atoms with Crippen LogP contribution in [-0.2, 0) is 27.9 Å². The fourth-order valence-electron chi connectivity index (χ4n) is 2.20. The van der Waals surface area contributed by atoms with Gasteiger partial charge in [0, 0.05) is 6.54 Å². The molecule has 1 aromatic carbocycles. The first-order valence-electron chi connectivity index (χ1n) is 7.03. The quantitative estimate of drug-likeness (QED) is 0.789. The number of aromatic nitrogens is 3. The minimum atomic E-state index is -4.83. The van der Waals surface area contributed by atoms with Crippen molar-refractivity contribution in [3.63, 3.8) is 0 Å². The van der Waals surface area contributed by atoms with E-state index in [4.69, 9.17) is 0 Å². The third-order valence-corrected chi connectivity index (χ3v) is 4.69. The number of hydrogen-bond donors (Lipinski definition) is 0. The molecular weight excluding hydrogens is 347 g/mol. The van der Waals surface area contributed by atoms with Gasteiger partial charge in [-0.3, -0.25) is 0 Å². The molecule has 24 heavy (non-hydrogen) atoms. The lowest BCUT2D eigenvalue weighted by molar-refractivity contribution is -0.274. The molecule has 132 valence electrons. The van der Waals surface area contributed by atoms with Gasteiger partial charge in [0.25, 0.3) is 0 Å². The van der Waals surface area contributed by atoms with Crippen molar-refractivity contribution in [1.29, 1.82) is 0 Å². The van der Waals surface area contributed by atoms with Crippen LogP contribution in [0.2, 0.25) is 0 Å². The summed E-state index contributed by atoms with van der Waals surface area (Å²) >= 11 is 0. The third kappa shape index (κ3) is 4.95. The minimum Gasteiger partial charge on any atom is -0.406 e. The number of aryl methyl sites for hydroxylation is 2. The van der Waals surface area contributed by atoms with E-state index < -0.39 is 27.7 Å². The van der Waals surface area contributed by atoms with Gasteiger partial charge < -0.3 is 4.74 Å². The summed E-state index contributed by atoms with van der Waals surface area (Å²) in [6, 6.07) is 4.93. The van der Waals surface area contributed by atoms with E-state index in [1.165, 1.54) is 16.8 Å². The second kappa shape index (κ2) is 6.80. The Labute approximate surface area is 137 Å². The molecule has 0 aliphatic rings. The Morgan fingerprint density at radius 3 is 2.58 bits per heavy atom. The van der Waals surface area contributed by atoms with Gasteiger partial charge in [-0.2, -0.15) is 0 Å². The molecular formula is C14H16F3N3O3S. The Balaban J connectivity index is 2.17. The van der Waals surface area contributed by atoms with Crippen molar-refractivity contribution >= 4 is 9.84 Å². The summed E-state index contributed by atoms with van der Waals surface area (Å²) in [5.74, 6) is -1.15. The van der Waals surface area contributed by atoms with Crippen LogP contribution in [0, 0.1) is 6.92 Å². The predicted molar refractivity (Wildman–Crippen MR) is 79.9 cm³/mol.